The molecule has 29 heavy (non-hydrogen) atoms. The van der Waals surface area contributed by atoms with Crippen molar-refractivity contribution >= 4 is 23.2 Å². The summed E-state index contributed by atoms with van der Waals surface area (Å²) in [6.07, 6.45) is 4.99. The van der Waals surface area contributed by atoms with Crippen LogP contribution < -0.4 is 15.9 Å². The Kier molecular flexibility index (Phi) is 5.75. The monoisotopic (exact) mass is 399 g/mol. The molecule has 1 aliphatic carbocycles. The van der Waals surface area contributed by atoms with Crippen LogP contribution in [0.5, 0.6) is 0 Å². The zero-order valence-corrected chi connectivity index (χ0v) is 18.8. The van der Waals surface area contributed by atoms with Gasteiger partial charge in [0.2, 0.25) is 0 Å². The van der Waals surface area contributed by atoms with Gasteiger partial charge < -0.3 is 0 Å². The largest absolute Gasteiger partial charge is 0.116 e. The Balaban J connectivity index is 2.01. The number of rotatable bonds is 5. The minimum atomic E-state index is -1.80. The summed E-state index contributed by atoms with van der Waals surface area (Å²) >= 11 is 0. The Morgan fingerprint density at radius 1 is 0.690 bits per heavy atom. The highest BCUT2D eigenvalue weighted by atomic mass is 31.2. The summed E-state index contributed by atoms with van der Waals surface area (Å²) in [6.45, 7) is 7.30. The molecule has 0 aliphatic heterocycles. The van der Waals surface area contributed by atoms with Crippen LogP contribution in [-0.2, 0) is 0 Å². The molecule has 0 bridgehead atoms. The third kappa shape index (κ3) is 3.84. The van der Waals surface area contributed by atoms with E-state index in [1.807, 2.05) is 0 Å². The average Bonchev–Trinajstić information content (AvgIpc) is 2.75. The van der Waals surface area contributed by atoms with E-state index in [1.54, 1.807) is 11.1 Å². The lowest BCUT2D eigenvalue weighted by Gasteiger charge is -2.38. The van der Waals surface area contributed by atoms with Gasteiger partial charge in [-0.15, -0.1) is 0 Å². The predicted molar refractivity (Wildman–Crippen MR) is 130 cm³/mol. The first-order valence-corrected chi connectivity index (χ1v) is 12.8. The maximum Gasteiger partial charge on any atom is 0.116 e. The summed E-state index contributed by atoms with van der Waals surface area (Å²) in [5, 5.41) is 4.46. The molecule has 0 spiro atoms. The van der Waals surface area contributed by atoms with Crippen molar-refractivity contribution in [3.8, 4) is 0 Å². The van der Waals surface area contributed by atoms with Crippen LogP contribution in [-0.4, -0.2) is 6.16 Å². The molecule has 0 aromatic heterocycles. The van der Waals surface area contributed by atoms with Gasteiger partial charge >= 0.3 is 0 Å². The van der Waals surface area contributed by atoms with Gasteiger partial charge in [0.15, 0.2) is 0 Å². The molecular weight excluding hydrogens is 367 g/mol. The van der Waals surface area contributed by atoms with Crippen molar-refractivity contribution in [2.45, 2.75) is 40.0 Å². The van der Waals surface area contributed by atoms with Gasteiger partial charge in [0.05, 0.1) is 6.16 Å². The Labute approximate surface area is 177 Å². The predicted octanol–water partition coefficient (Wildman–Crippen LogP) is 6.51. The number of allylic oxidation sites excluding steroid dienone is 2. The molecule has 0 amide bonds. The van der Waals surface area contributed by atoms with Crippen LogP contribution in [0.4, 0.5) is 0 Å². The third-order valence-electron chi connectivity index (χ3n) is 6.67. The molecule has 0 N–H and O–H groups in total. The molecule has 0 heterocycles. The van der Waals surface area contributed by atoms with Gasteiger partial charge in [-0.3, -0.25) is 0 Å². The fraction of sp³-hybridized carbons (Fsp3) is 0.286. The van der Waals surface area contributed by atoms with Crippen molar-refractivity contribution in [3.63, 3.8) is 0 Å². The van der Waals surface area contributed by atoms with Gasteiger partial charge in [-0.1, -0.05) is 74.0 Å². The molecule has 3 aromatic carbocycles. The van der Waals surface area contributed by atoms with Gasteiger partial charge in [-0.05, 0) is 73.6 Å². The van der Waals surface area contributed by atoms with Gasteiger partial charge in [0, 0.05) is 0 Å². The van der Waals surface area contributed by atoms with Crippen molar-refractivity contribution in [1.29, 1.82) is 0 Å². The second-order valence-electron chi connectivity index (χ2n) is 8.97. The van der Waals surface area contributed by atoms with E-state index in [2.05, 4.69) is 112 Å². The topological polar surface area (TPSA) is 0 Å². The van der Waals surface area contributed by atoms with Gasteiger partial charge in [0.25, 0.3) is 0 Å². The smallest absolute Gasteiger partial charge is 0.0699 e. The summed E-state index contributed by atoms with van der Waals surface area (Å²) in [7, 11) is -1.80. The second kappa shape index (κ2) is 8.29. The second-order valence-corrected chi connectivity index (χ2v) is 12.5. The van der Waals surface area contributed by atoms with Gasteiger partial charge in [-0.25, -0.2) is 0 Å². The van der Waals surface area contributed by atoms with Gasteiger partial charge in [0.1, 0.15) is 23.2 Å². The van der Waals surface area contributed by atoms with Crippen LogP contribution in [0.15, 0.2) is 102 Å². The zero-order valence-electron chi connectivity index (χ0n) is 17.9. The van der Waals surface area contributed by atoms with E-state index in [0.29, 0.717) is 0 Å². The molecule has 0 saturated carbocycles. The molecule has 0 unspecified atom stereocenters. The standard InChI is InChI=1S/C28H32P/c1-23-14-13-21-28(2,3)27(23)22-29(24-15-7-4-8-16-24,25-17-9-5-10-18-25)26-19-11-6-12-20-26/h4-12,15-20H,13-14,21-22H2,1-3H3/q+1. The first kappa shape index (κ1) is 20.1. The maximum atomic E-state index is 2.46. The van der Waals surface area contributed by atoms with E-state index in [4.69, 9.17) is 0 Å². The lowest BCUT2D eigenvalue weighted by Crippen LogP contribution is -2.36. The van der Waals surface area contributed by atoms with Crippen molar-refractivity contribution in [2.75, 3.05) is 6.16 Å². The first-order chi connectivity index (χ1) is 14.0. The lowest BCUT2D eigenvalue weighted by molar-refractivity contribution is 0.368. The van der Waals surface area contributed by atoms with E-state index in [9.17, 15) is 0 Å². The average molecular weight is 400 g/mol. The van der Waals surface area contributed by atoms with Crippen molar-refractivity contribution in [3.05, 3.63) is 102 Å². The fourth-order valence-corrected chi connectivity index (χ4v) is 9.69. The fourth-order valence-electron chi connectivity index (χ4n) is 5.03. The Morgan fingerprint density at radius 3 is 1.48 bits per heavy atom. The molecule has 1 heteroatoms. The normalized spacial score (nSPS) is 16.7. The van der Waals surface area contributed by atoms with Gasteiger partial charge in [-0.2, -0.15) is 0 Å². The van der Waals surface area contributed by atoms with E-state index >= 15 is 0 Å². The maximum absolute atomic E-state index is 2.46. The molecule has 0 fully saturated rings. The quantitative estimate of drug-likeness (QED) is 0.339. The Morgan fingerprint density at radius 2 is 1.10 bits per heavy atom. The van der Waals surface area contributed by atoms with E-state index in [0.717, 1.165) is 6.16 Å². The number of hydrogen-bond donors (Lipinski definition) is 0. The minimum Gasteiger partial charge on any atom is -0.0699 e. The summed E-state index contributed by atoms with van der Waals surface area (Å²) in [6, 6.07) is 33.9. The molecule has 148 valence electrons. The third-order valence-corrected chi connectivity index (χ3v) is 11.0. The SMILES string of the molecule is CC1=C(C[P+](c2ccccc2)(c2ccccc2)c2ccccc2)C(C)(C)CCC1. The highest BCUT2D eigenvalue weighted by molar-refractivity contribution is 7.95. The van der Waals surface area contributed by atoms with Crippen molar-refractivity contribution < 1.29 is 0 Å². The lowest BCUT2D eigenvalue weighted by atomic mass is 9.73. The number of hydrogen-bond acceptors (Lipinski definition) is 0. The van der Waals surface area contributed by atoms with Crippen molar-refractivity contribution in [1.82, 2.24) is 0 Å². The van der Waals surface area contributed by atoms with E-state index < -0.39 is 7.26 Å². The Hall–Kier alpha value is -2.17. The molecule has 4 rings (SSSR count). The van der Waals surface area contributed by atoms with Crippen LogP contribution in [0.3, 0.4) is 0 Å². The summed E-state index contributed by atoms with van der Waals surface area (Å²) in [4.78, 5) is 0. The first-order valence-electron chi connectivity index (χ1n) is 10.8. The molecular formula is C28H32P+. The van der Waals surface area contributed by atoms with Crippen LogP contribution in [0, 0.1) is 5.41 Å². The minimum absolute atomic E-state index is 0.270. The highest BCUT2D eigenvalue weighted by Crippen LogP contribution is 2.59. The zero-order chi connectivity index (χ0) is 20.3. The molecule has 1 aliphatic rings. The van der Waals surface area contributed by atoms with Crippen LogP contribution in [0.25, 0.3) is 0 Å². The summed E-state index contributed by atoms with van der Waals surface area (Å²) in [5.41, 5.74) is 3.58. The Bertz CT molecular complexity index is 872. The molecule has 0 radical (unpaired) electrons. The molecule has 3 aromatic rings. The molecule has 0 atom stereocenters. The van der Waals surface area contributed by atoms with Crippen LogP contribution in [0.2, 0.25) is 0 Å². The van der Waals surface area contributed by atoms with E-state index in [-0.39, 0.29) is 5.41 Å². The molecule has 0 saturated heterocycles. The highest BCUT2D eigenvalue weighted by Gasteiger charge is 2.48. The summed E-state index contributed by atoms with van der Waals surface area (Å²) < 4.78 is 0. The van der Waals surface area contributed by atoms with Crippen LogP contribution in [0.1, 0.15) is 40.0 Å². The molecule has 0 nitrogen and oxygen atoms in total. The summed E-state index contributed by atoms with van der Waals surface area (Å²) in [5.74, 6) is 0. The van der Waals surface area contributed by atoms with Crippen molar-refractivity contribution in [2.24, 2.45) is 5.41 Å². The van der Waals surface area contributed by atoms with E-state index in [1.165, 1.54) is 35.2 Å². The van der Waals surface area contributed by atoms with Crippen LogP contribution >= 0.6 is 7.26 Å². The number of benzene rings is 3.